The molecule has 1 heterocycles. The highest BCUT2D eigenvalue weighted by Gasteiger charge is 2.14. The van der Waals surface area contributed by atoms with E-state index in [1.54, 1.807) is 0 Å². The van der Waals surface area contributed by atoms with E-state index in [0.29, 0.717) is 0 Å². The van der Waals surface area contributed by atoms with Crippen LogP contribution in [-0.2, 0) is 0 Å². The maximum atomic E-state index is 4.30. The van der Waals surface area contributed by atoms with Crippen molar-refractivity contribution < 1.29 is 0 Å². The van der Waals surface area contributed by atoms with Crippen molar-refractivity contribution in [2.45, 2.75) is 20.0 Å². The van der Waals surface area contributed by atoms with Crippen LogP contribution in [0, 0.1) is 0 Å². The van der Waals surface area contributed by atoms with Crippen molar-refractivity contribution in [2.75, 3.05) is 7.05 Å². The topological polar surface area (TPSA) is 27.6 Å². The van der Waals surface area contributed by atoms with Gasteiger partial charge in [-0.2, -0.15) is 0 Å². The first-order valence-corrected chi connectivity index (χ1v) is 3.44. The van der Waals surface area contributed by atoms with Crippen molar-refractivity contribution >= 4 is 5.84 Å². The molecule has 0 radical (unpaired) electrons. The molecule has 1 N–H and O–H groups in total. The fourth-order valence-electron chi connectivity index (χ4n) is 0.829. The number of rotatable bonds is 1. The Morgan fingerprint density at radius 3 is 2.80 bits per heavy atom. The van der Waals surface area contributed by atoms with Gasteiger partial charge in [0.1, 0.15) is 12.0 Å². The van der Waals surface area contributed by atoms with Gasteiger partial charge in [0, 0.05) is 7.05 Å². The van der Waals surface area contributed by atoms with E-state index in [-0.39, 0.29) is 6.17 Å². The third-order valence-corrected chi connectivity index (χ3v) is 1.50. The summed E-state index contributed by atoms with van der Waals surface area (Å²) in [5.41, 5.74) is 3.10. The Morgan fingerprint density at radius 2 is 2.40 bits per heavy atom. The van der Waals surface area contributed by atoms with E-state index >= 15 is 0 Å². The lowest BCUT2D eigenvalue weighted by atomic mass is 10.5. The number of hydrazine groups is 1. The second-order valence-electron chi connectivity index (χ2n) is 2.37. The lowest BCUT2D eigenvalue weighted by molar-refractivity contribution is 0.255. The predicted octanol–water partition coefficient (Wildman–Crippen LogP) is 0.757. The Balaban J connectivity index is 2.58. The van der Waals surface area contributed by atoms with Gasteiger partial charge < -0.3 is 5.43 Å². The molecule has 1 unspecified atom stereocenters. The summed E-state index contributed by atoms with van der Waals surface area (Å²) >= 11 is 0. The molecule has 0 saturated carbocycles. The molecule has 0 aliphatic carbocycles. The molecule has 1 aliphatic heterocycles. The molecule has 0 aromatic carbocycles. The third kappa shape index (κ3) is 1.36. The van der Waals surface area contributed by atoms with Crippen LogP contribution < -0.4 is 5.43 Å². The van der Waals surface area contributed by atoms with Crippen LogP contribution in [0.1, 0.15) is 13.8 Å². The Bertz CT molecular complexity index is 172. The number of nitrogens with zero attached hydrogens (tertiary/aromatic N) is 2. The minimum Gasteiger partial charge on any atom is -0.302 e. The van der Waals surface area contributed by atoms with Crippen LogP contribution >= 0.6 is 0 Å². The molecule has 1 aliphatic rings. The van der Waals surface area contributed by atoms with Crippen molar-refractivity contribution in [1.29, 1.82) is 0 Å². The first-order chi connectivity index (χ1) is 4.74. The maximum Gasteiger partial charge on any atom is 0.136 e. The predicted molar refractivity (Wildman–Crippen MR) is 42.6 cm³/mol. The number of amidine groups is 1. The third-order valence-electron chi connectivity index (χ3n) is 1.50. The second kappa shape index (κ2) is 2.84. The standard InChI is InChI=1S/C7H13N3/c1-4-5-7-8-6(2)10(3)9-7/h4-6H,1-3H3,(H,8,9)/b5-4+. The highest BCUT2D eigenvalue weighted by molar-refractivity contribution is 5.93. The molecule has 1 rings (SSSR count). The van der Waals surface area contributed by atoms with E-state index in [2.05, 4.69) is 10.4 Å². The van der Waals surface area contributed by atoms with Crippen LogP contribution in [0.15, 0.2) is 17.1 Å². The normalized spacial score (nSPS) is 27.1. The quantitative estimate of drug-likeness (QED) is 0.580. The molecule has 0 saturated heterocycles. The Hall–Kier alpha value is -0.830. The molecule has 0 fully saturated rings. The van der Waals surface area contributed by atoms with Crippen molar-refractivity contribution in [3.63, 3.8) is 0 Å². The van der Waals surface area contributed by atoms with Gasteiger partial charge in [-0.05, 0) is 19.9 Å². The van der Waals surface area contributed by atoms with E-state index in [4.69, 9.17) is 0 Å². The van der Waals surface area contributed by atoms with E-state index in [1.165, 1.54) is 0 Å². The van der Waals surface area contributed by atoms with Crippen molar-refractivity contribution in [3.05, 3.63) is 12.2 Å². The van der Waals surface area contributed by atoms with Gasteiger partial charge in [0.25, 0.3) is 0 Å². The Morgan fingerprint density at radius 1 is 1.70 bits per heavy atom. The minimum atomic E-state index is 0.256. The summed E-state index contributed by atoms with van der Waals surface area (Å²) in [6, 6.07) is 0. The van der Waals surface area contributed by atoms with Crippen LogP contribution in [0.2, 0.25) is 0 Å². The van der Waals surface area contributed by atoms with E-state index < -0.39 is 0 Å². The van der Waals surface area contributed by atoms with Gasteiger partial charge in [-0.25, -0.2) is 10.0 Å². The first-order valence-electron chi connectivity index (χ1n) is 3.44. The van der Waals surface area contributed by atoms with Gasteiger partial charge in [0.2, 0.25) is 0 Å². The monoisotopic (exact) mass is 139 g/mol. The number of nitrogens with one attached hydrogen (secondary N) is 1. The van der Waals surface area contributed by atoms with Crippen molar-refractivity contribution in [3.8, 4) is 0 Å². The van der Waals surface area contributed by atoms with Gasteiger partial charge >= 0.3 is 0 Å². The lowest BCUT2D eigenvalue weighted by Gasteiger charge is -2.12. The molecule has 0 aromatic rings. The molecule has 0 aromatic heterocycles. The van der Waals surface area contributed by atoms with E-state index in [1.807, 2.05) is 38.1 Å². The molecule has 0 amide bonds. The molecule has 56 valence electrons. The van der Waals surface area contributed by atoms with Gasteiger partial charge in [-0.1, -0.05) is 6.08 Å². The van der Waals surface area contributed by atoms with Crippen LogP contribution in [0.3, 0.4) is 0 Å². The van der Waals surface area contributed by atoms with Gasteiger partial charge in [0.15, 0.2) is 0 Å². The summed E-state index contributed by atoms with van der Waals surface area (Å²) in [7, 11) is 1.98. The van der Waals surface area contributed by atoms with Gasteiger partial charge in [-0.15, -0.1) is 0 Å². The van der Waals surface area contributed by atoms with Gasteiger partial charge in [0.05, 0.1) is 0 Å². The largest absolute Gasteiger partial charge is 0.302 e. The van der Waals surface area contributed by atoms with Crippen LogP contribution in [0.4, 0.5) is 0 Å². The maximum absolute atomic E-state index is 4.30. The summed E-state index contributed by atoms with van der Waals surface area (Å²) in [6.45, 7) is 4.02. The summed E-state index contributed by atoms with van der Waals surface area (Å²) in [6.07, 6.45) is 4.18. The van der Waals surface area contributed by atoms with Crippen LogP contribution in [0.25, 0.3) is 0 Å². The average molecular weight is 139 g/mol. The molecule has 10 heavy (non-hydrogen) atoms. The van der Waals surface area contributed by atoms with Gasteiger partial charge in [-0.3, -0.25) is 0 Å². The number of hydrogen-bond acceptors (Lipinski definition) is 3. The van der Waals surface area contributed by atoms with Crippen LogP contribution in [0.5, 0.6) is 0 Å². The zero-order chi connectivity index (χ0) is 7.56. The SMILES string of the molecule is C/C=C/C1=NC(C)N(C)N1. The molecular weight excluding hydrogens is 126 g/mol. The van der Waals surface area contributed by atoms with E-state index in [0.717, 1.165) is 5.84 Å². The molecule has 1 atom stereocenters. The van der Waals surface area contributed by atoms with Crippen molar-refractivity contribution in [1.82, 2.24) is 10.4 Å². The van der Waals surface area contributed by atoms with Crippen LogP contribution in [-0.4, -0.2) is 24.1 Å². The molecule has 0 spiro atoms. The molecule has 0 bridgehead atoms. The summed E-state index contributed by atoms with van der Waals surface area (Å²) in [4.78, 5) is 4.30. The highest BCUT2D eigenvalue weighted by atomic mass is 15.6. The highest BCUT2D eigenvalue weighted by Crippen LogP contribution is 2.01. The molecule has 3 nitrogen and oxygen atoms in total. The summed E-state index contributed by atoms with van der Waals surface area (Å²) in [5.74, 6) is 0.942. The second-order valence-corrected chi connectivity index (χ2v) is 2.37. The summed E-state index contributed by atoms with van der Waals surface area (Å²) in [5, 5.41) is 1.97. The Labute approximate surface area is 61.4 Å². The summed E-state index contributed by atoms with van der Waals surface area (Å²) < 4.78 is 0. The minimum absolute atomic E-state index is 0.256. The smallest absolute Gasteiger partial charge is 0.136 e. The molecular formula is C7H13N3. The van der Waals surface area contributed by atoms with E-state index in [9.17, 15) is 0 Å². The molecule has 3 heteroatoms. The zero-order valence-electron chi connectivity index (χ0n) is 6.63. The average Bonchev–Trinajstić information content (AvgIpc) is 2.14. The number of aliphatic imine (C=N–C) groups is 1. The fraction of sp³-hybridized carbons (Fsp3) is 0.571. The fourth-order valence-corrected chi connectivity index (χ4v) is 0.829. The first kappa shape index (κ1) is 7.28. The zero-order valence-corrected chi connectivity index (χ0v) is 6.63. The van der Waals surface area contributed by atoms with Crippen molar-refractivity contribution in [2.24, 2.45) is 4.99 Å². The Kier molecular flexibility index (Phi) is 2.06. The number of allylic oxidation sites excluding steroid dienone is 1. The lowest BCUT2D eigenvalue weighted by Crippen LogP contribution is -2.35. The number of hydrogen-bond donors (Lipinski definition) is 1.